The van der Waals surface area contributed by atoms with E-state index in [-0.39, 0.29) is 9.10 Å². The zero-order chi connectivity index (χ0) is 9.40. The molecule has 1 rings (SSSR count). The summed E-state index contributed by atoms with van der Waals surface area (Å²) in [6.45, 7) is -0.250. The van der Waals surface area contributed by atoms with Gasteiger partial charge in [0.05, 0.1) is 0 Å². The summed E-state index contributed by atoms with van der Waals surface area (Å²) in [4.78, 5) is 8.36. The average Bonchev–Trinajstić information content (AvgIpc) is 2.07. The summed E-state index contributed by atoms with van der Waals surface area (Å²) < 4.78 is 0.270. The van der Waals surface area contributed by atoms with E-state index in [4.69, 9.17) is 21.5 Å². The Morgan fingerprint density at radius 3 is 2.08 bits per heavy atom. The van der Waals surface area contributed by atoms with Crippen LogP contribution in [0.1, 0.15) is 8.19 Å². The molecular formula is C8H8ClNaO2. The molecule has 0 bridgehead atoms. The molecule has 1 atom stereocenters. The standard InChI is InChI=1S/C7H6Cl.CH2O2.Na/c8-6-7-4-2-1-3-5-7;2-1-3;/h1-6H;1H,(H,2,3);. The van der Waals surface area contributed by atoms with Crippen molar-refractivity contribution in [1.29, 1.82) is 0 Å². The molecule has 0 saturated carbocycles. The van der Waals surface area contributed by atoms with Crippen molar-refractivity contribution in [2.75, 3.05) is 0 Å². The van der Waals surface area contributed by atoms with Crippen LogP contribution in [0.25, 0.3) is 0 Å². The first-order chi connectivity index (χ1) is 5.72. The molecule has 0 heterocycles. The molecule has 0 fully saturated rings. The minimum atomic E-state index is -0.250. The van der Waals surface area contributed by atoms with Crippen LogP contribution in [0, 0.1) is 0 Å². The molecule has 0 radical (unpaired) electrons. The van der Waals surface area contributed by atoms with Crippen molar-refractivity contribution in [3.63, 3.8) is 0 Å². The zero-order valence-electron chi connectivity index (χ0n) is 6.77. The Labute approximate surface area is 94.0 Å². The second-order valence-corrected chi connectivity index (χ2v) is 4.67. The molecule has 0 saturated heterocycles. The predicted molar refractivity (Wildman–Crippen MR) is 49.5 cm³/mol. The van der Waals surface area contributed by atoms with E-state index in [1.54, 1.807) is 0 Å². The molecule has 1 N–H and O–H groups in total. The molecular weight excluding hydrogens is 187 g/mol. The van der Waals surface area contributed by atoms with Crippen molar-refractivity contribution in [2.24, 2.45) is 0 Å². The van der Waals surface area contributed by atoms with Gasteiger partial charge in [-0.05, 0) is 0 Å². The predicted octanol–water partition coefficient (Wildman–Crippen LogP) is 1.79. The first kappa shape index (κ1) is 12.0. The molecule has 60 valence electrons. The third kappa shape index (κ3) is 5.61. The maximum absolute atomic E-state index is 8.36. The summed E-state index contributed by atoms with van der Waals surface area (Å²) in [5, 5.41) is 6.89. The zero-order valence-corrected chi connectivity index (χ0v) is 9.53. The molecule has 0 aliphatic carbocycles. The van der Waals surface area contributed by atoms with Crippen LogP contribution in [0.3, 0.4) is 0 Å². The summed E-state index contributed by atoms with van der Waals surface area (Å²) in [7, 11) is 0. The second kappa shape index (κ2) is 7.62. The number of halogens is 1. The Bertz CT molecular complexity index is 214. The Morgan fingerprint density at radius 1 is 1.42 bits per heavy atom. The molecule has 4 heteroatoms. The van der Waals surface area contributed by atoms with Gasteiger partial charge in [-0.2, -0.15) is 0 Å². The minimum absolute atomic E-state index is 0.250. The quantitative estimate of drug-likeness (QED) is 0.421. The van der Waals surface area contributed by atoms with Gasteiger partial charge in [-0.3, -0.25) is 4.79 Å². The Hall–Kier alpha value is -0.0200. The SMILES string of the molecule is O=CO.[Na][CH](Cl)c1ccccc1. The maximum atomic E-state index is 8.36. The number of benzene rings is 1. The van der Waals surface area contributed by atoms with E-state index < -0.39 is 0 Å². The fraction of sp³-hybridized carbons (Fsp3) is 0.125. The molecule has 1 unspecified atom stereocenters. The van der Waals surface area contributed by atoms with E-state index in [1.807, 2.05) is 18.2 Å². The second-order valence-electron chi connectivity index (χ2n) is 2.13. The number of hydrogen-bond donors (Lipinski definition) is 1. The van der Waals surface area contributed by atoms with Gasteiger partial charge in [0, 0.05) is 0 Å². The van der Waals surface area contributed by atoms with Gasteiger partial charge >= 0.3 is 78.1 Å². The molecule has 1 aromatic rings. The van der Waals surface area contributed by atoms with Crippen LogP contribution in [-0.4, -0.2) is 39.5 Å². The summed E-state index contributed by atoms with van der Waals surface area (Å²) in [5.41, 5.74) is 1.24. The molecule has 2 nitrogen and oxygen atoms in total. The average molecular weight is 195 g/mol. The van der Waals surface area contributed by atoms with Crippen molar-refractivity contribution in [3.8, 4) is 0 Å². The Kier molecular flexibility index (Phi) is 7.61. The van der Waals surface area contributed by atoms with Crippen LogP contribution in [0.15, 0.2) is 30.3 Å². The van der Waals surface area contributed by atoms with E-state index in [2.05, 4.69) is 12.1 Å². The van der Waals surface area contributed by atoms with Gasteiger partial charge in [0.1, 0.15) is 0 Å². The van der Waals surface area contributed by atoms with Crippen molar-refractivity contribution in [3.05, 3.63) is 35.9 Å². The molecule has 0 spiro atoms. The van der Waals surface area contributed by atoms with Crippen LogP contribution in [-0.2, 0) is 4.79 Å². The Balaban J connectivity index is 0.000000354. The number of hydrogen-bond acceptors (Lipinski definition) is 1. The van der Waals surface area contributed by atoms with Crippen LogP contribution in [0.2, 0.25) is 0 Å². The monoisotopic (exact) mass is 194 g/mol. The van der Waals surface area contributed by atoms with E-state index in [1.165, 1.54) is 5.56 Å². The van der Waals surface area contributed by atoms with Gasteiger partial charge in [0.15, 0.2) is 0 Å². The van der Waals surface area contributed by atoms with Crippen LogP contribution < -0.4 is 0 Å². The van der Waals surface area contributed by atoms with Gasteiger partial charge < -0.3 is 5.11 Å². The summed E-state index contributed by atoms with van der Waals surface area (Å²) >= 11 is 6.89. The Morgan fingerprint density at radius 2 is 1.83 bits per heavy atom. The summed E-state index contributed by atoms with van der Waals surface area (Å²) in [6.07, 6.45) is 0. The van der Waals surface area contributed by atoms with Gasteiger partial charge in [-0.25, -0.2) is 0 Å². The molecule has 0 aliphatic rings. The topological polar surface area (TPSA) is 37.3 Å². The number of rotatable bonds is 1. The van der Waals surface area contributed by atoms with Crippen molar-refractivity contribution in [1.82, 2.24) is 0 Å². The van der Waals surface area contributed by atoms with Crippen LogP contribution in [0.5, 0.6) is 0 Å². The van der Waals surface area contributed by atoms with E-state index >= 15 is 0 Å². The van der Waals surface area contributed by atoms with Gasteiger partial charge in [-0.1, -0.05) is 0 Å². The van der Waals surface area contributed by atoms with Crippen LogP contribution in [0.4, 0.5) is 0 Å². The number of carboxylic acid groups (broad SMARTS) is 1. The summed E-state index contributed by atoms with van der Waals surface area (Å²) in [5.74, 6) is 0. The molecule has 0 amide bonds. The number of carbonyl (C=O) groups is 1. The molecule has 12 heavy (non-hydrogen) atoms. The number of alkyl halides is 1. The molecule has 0 aromatic heterocycles. The van der Waals surface area contributed by atoms with E-state index in [0.717, 1.165) is 27.9 Å². The van der Waals surface area contributed by atoms with Gasteiger partial charge in [0.25, 0.3) is 6.47 Å². The van der Waals surface area contributed by atoms with Crippen LogP contribution >= 0.6 is 11.6 Å². The fourth-order valence-corrected chi connectivity index (χ4v) is 1.25. The fourth-order valence-electron chi connectivity index (χ4n) is 0.718. The van der Waals surface area contributed by atoms with E-state index in [0.29, 0.717) is 0 Å². The third-order valence-electron chi connectivity index (χ3n) is 1.26. The van der Waals surface area contributed by atoms with Crippen molar-refractivity contribution in [2.45, 2.75) is 2.63 Å². The molecule has 1 aromatic carbocycles. The van der Waals surface area contributed by atoms with Crippen molar-refractivity contribution < 1.29 is 9.90 Å². The van der Waals surface area contributed by atoms with Crippen molar-refractivity contribution >= 4 is 46.0 Å². The van der Waals surface area contributed by atoms with Gasteiger partial charge in [0.2, 0.25) is 0 Å². The third-order valence-corrected chi connectivity index (χ3v) is 2.18. The first-order valence-corrected chi connectivity index (χ1v) is 5.08. The first-order valence-electron chi connectivity index (χ1n) is 3.49. The van der Waals surface area contributed by atoms with E-state index in [9.17, 15) is 0 Å². The normalized spacial score (nSPS) is 10.9. The summed E-state index contributed by atoms with van der Waals surface area (Å²) in [6, 6.07) is 10.2. The molecule has 0 aliphatic heterocycles. The van der Waals surface area contributed by atoms with Gasteiger partial charge in [-0.15, -0.1) is 0 Å².